The number of cyclic esters (lactones) is 1. The first-order valence-electron chi connectivity index (χ1n) is 12.8. The van der Waals surface area contributed by atoms with Crippen LogP contribution >= 0.6 is 0 Å². The normalized spacial score (nSPS) is 19.4. The third-order valence-electron chi connectivity index (χ3n) is 7.01. The van der Waals surface area contributed by atoms with E-state index in [2.05, 4.69) is 5.32 Å². The van der Waals surface area contributed by atoms with Crippen LogP contribution < -0.4 is 5.32 Å². The van der Waals surface area contributed by atoms with E-state index in [1.165, 1.54) is 0 Å². The summed E-state index contributed by atoms with van der Waals surface area (Å²) in [6.45, 7) is 3.66. The summed E-state index contributed by atoms with van der Waals surface area (Å²) in [5, 5.41) is 2.90. The first kappa shape index (κ1) is 24.6. The first-order valence-corrected chi connectivity index (χ1v) is 12.8. The minimum atomic E-state index is -0.751. The highest BCUT2D eigenvalue weighted by Crippen LogP contribution is 2.36. The number of amides is 3. The lowest BCUT2D eigenvalue weighted by molar-refractivity contribution is -0.137. The van der Waals surface area contributed by atoms with Crippen LogP contribution in [0.15, 0.2) is 78.9 Å². The highest BCUT2D eigenvalue weighted by molar-refractivity contribution is 6.04. The number of aryl methyl sites for hydroxylation is 1. The van der Waals surface area contributed by atoms with Crippen molar-refractivity contribution in [3.05, 3.63) is 101 Å². The van der Waals surface area contributed by atoms with Gasteiger partial charge in [-0.3, -0.25) is 14.5 Å². The third kappa shape index (κ3) is 5.50. The van der Waals surface area contributed by atoms with Gasteiger partial charge in [0, 0.05) is 24.3 Å². The molecular formula is C30H31N3O4. The van der Waals surface area contributed by atoms with E-state index < -0.39 is 18.2 Å². The molecule has 3 amide bonds. The van der Waals surface area contributed by atoms with E-state index in [9.17, 15) is 14.4 Å². The van der Waals surface area contributed by atoms with E-state index in [0.717, 1.165) is 30.4 Å². The largest absolute Gasteiger partial charge is 0.438 e. The van der Waals surface area contributed by atoms with E-state index in [1.54, 1.807) is 29.2 Å². The van der Waals surface area contributed by atoms with Crippen LogP contribution in [0.2, 0.25) is 0 Å². The van der Waals surface area contributed by atoms with Gasteiger partial charge in [0.05, 0.1) is 6.54 Å². The molecule has 2 fully saturated rings. The van der Waals surface area contributed by atoms with Gasteiger partial charge in [0.1, 0.15) is 0 Å². The molecule has 0 aliphatic carbocycles. The van der Waals surface area contributed by atoms with Gasteiger partial charge in [-0.25, -0.2) is 4.79 Å². The number of carbonyl (C=O) groups is 3. The molecule has 2 unspecified atom stereocenters. The van der Waals surface area contributed by atoms with E-state index in [0.29, 0.717) is 36.4 Å². The fraction of sp³-hybridized carbons (Fsp3) is 0.300. The van der Waals surface area contributed by atoms with Crippen LogP contribution in [0.1, 0.15) is 52.4 Å². The molecule has 1 N–H and O–H groups in total. The third-order valence-corrected chi connectivity index (χ3v) is 7.01. The van der Waals surface area contributed by atoms with E-state index in [4.69, 9.17) is 4.74 Å². The molecule has 2 saturated heterocycles. The molecule has 0 saturated carbocycles. The minimum Gasteiger partial charge on any atom is -0.438 e. The van der Waals surface area contributed by atoms with Crippen molar-refractivity contribution in [2.24, 2.45) is 0 Å². The second-order valence-electron chi connectivity index (χ2n) is 9.69. The van der Waals surface area contributed by atoms with Gasteiger partial charge in [-0.15, -0.1) is 0 Å². The standard InChI is InChI=1S/C30H31N3O4/c1-21-10-12-24(13-11-21)28(34)31-25-16-14-23(15-17-25)27-26(29(35)32-18-6-3-7-19-32)33(30(36)37-27)20-22-8-4-2-5-9-22/h2,4-5,8-17,26-27H,3,6-7,18-20H2,1H3,(H,31,34). The molecule has 7 nitrogen and oxygen atoms in total. The summed E-state index contributed by atoms with van der Waals surface area (Å²) >= 11 is 0. The smallest absolute Gasteiger partial charge is 0.411 e. The molecular weight excluding hydrogens is 466 g/mol. The maximum absolute atomic E-state index is 13.7. The molecule has 37 heavy (non-hydrogen) atoms. The van der Waals surface area contributed by atoms with Crippen LogP contribution in [0.25, 0.3) is 0 Å². The highest BCUT2D eigenvalue weighted by atomic mass is 16.6. The number of anilines is 1. The Balaban J connectivity index is 1.37. The number of likely N-dealkylation sites (tertiary alicyclic amines) is 1. The lowest BCUT2D eigenvalue weighted by Gasteiger charge is -2.33. The molecule has 3 aromatic rings. The number of nitrogens with zero attached hydrogens (tertiary/aromatic N) is 2. The van der Waals surface area contributed by atoms with Crippen LogP contribution in [-0.4, -0.2) is 46.8 Å². The van der Waals surface area contributed by atoms with Crippen LogP contribution in [0.3, 0.4) is 0 Å². The monoisotopic (exact) mass is 497 g/mol. The van der Waals surface area contributed by atoms with E-state index in [1.807, 2.05) is 66.4 Å². The van der Waals surface area contributed by atoms with Crippen LogP contribution in [0.4, 0.5) is 10.5 Å². The summed E-state index contributed by atoms with van der Waals surface area (Å²) in [5.41, 5.74) is 3.93. The van der Waals surface area contributed by atoms with Crippen molar-refractivity contribution in [3.8, 4) is 0 Å². The Hall–Kier alpha value is -4.13. The van der Waals surface area contributed by atoms with Gasteiger partial charge in [0.2, 0.25) is 5.91 Å². The molecule has 2 atom stereocenters. The number of benzene rings is 3. The minimum absolute atomic E-state index is 0.0803. The Bertz CT molecular complexity index is 1250. The molecule has 2 aliphatic rings. The lowest BCUT2D eigenvalue weighted by Crippen LogP contribution is -2.49. The number of piperidine rings is 1. The zero-order chi connectivity index (χ0) is 25.8. The Labute approximate surface area is 217 Å². The van der Waals surface area contributed by atoms with Crippen molar-refractivity contribution < 1.29 is 19.1 Å². The van der Waals surface area contributed by atoms with Crippen molar-refractivity contribution in [1.29, 1.82) is 0 Å². The molecule has 5 rings (SSSR count). The second kappa shape index (κ2) is 10.9. The SMILES string of the molecule is Cc1ccc(C(=O)Nc2ccc(C3OC(=O)N(Cc4ccccc4)C3C(=O)N3CCCCC3)cc2)cc1. The molecule has 0 radical (unpaired) electrons. The molecule has 0 bridgehead atoms. The summed E-state index contributed by atoms with van der Waals surface area (Å²) in [5.74, 6) is -0.282. The Kier molecular flexibility index (Phi) is 7.21. The van der Waals surface area contributed by atoms with E-state index >= 15 is 0 Å². The molecule has 190 valence electrons. The van der Waals surface area contributed by atoms with Gasteiger partial charge in [-0.05, 0) is 61.6 Å². The Morgan fingerprint density at radius 3 is 2.24 bits per heavy atom. The Morgan fingerprint density at radius 2 is 1.57 bits per heavy atom. The predicted octanol–water partition coefficient (Wildman–Crippen LogP) is 5.32. The fourth-order valence-corrected chi connectivity index (χ4v) is 4.94. The molecule has 0 spiro atoms. The molecule has 2 heterocycles. The maximum atomic E-state index is 13.7. The van der Waals surface area contributed by atoms with Crippen molar-refractivity contribution in [3.63, 3.8) is 0 Å². The van der Waals surface area contributed by atoms with Crippen molar-refractivity contribution >= 4 is 23.6 Å². The molecule has 3 aromatic carbocycles. The summed E-state index contributed by atoms with van der Waals surface area (Å²) in [6.07, 6.45) is 1.81. The number of hydrogen-bond donors (Lipinski definition) is 1. The van der Waals surface area contributed by atoms with Crippen LogP contribution in [-0.2, 0) is 16.1 Å². The number of nitrogens with one attached hydrogen (secondary N) is 1. The van der Waals surface area contributed by atoms with Gasteiger partial charge >= 0.3 is 6.09 Å². The van der Waals surface area contributed by atoms with Gasteiger partial charge in [-0.1, -0.05) is 60.2 Å². The van der Waals surface area contributed by atoms with Gasteiger partial charge in [0.15, 0.2) is 12.1 Å². The first-order chi connectivity index (χ1) is 18.0. The topological polar surface area (TPSA) is 79.0 Å². The summed E-state index contributed by atoms with van der Waals surface area (Å²) in [4.78, 5) is 42.8. The number of carbonyl (C=O) groups excluding carboxylic acids is 3. The van der Waals surface area contributed by atoms with Crippen molar-refractivity contribution in [1.82, 2.24) is 9.80 Å². The number of hydrogen-bond acceptors (Lipinski definition) is 4. The van der Waals surface area contributed by atoms with E-state index in [-0.39, 0.29) is 11.8 Å². The lowest BCUT2D eigenvalue weighted by atomic mass is 9.98. The summed E-state index contributed by atoms with van der Waals surface area (Å²) in [6, 6.07) is 23.4. The molecule has 7 heteroatoms. The number of rotatable bonds is 6. The maximum Gasteiger partial charge on any atom is 0.411 e. The summed E-state index contributed by atoms with van der Waals surface area (Å²) < 4.78 is 5.81. The van der Waals surface area contributed by atoms with Crippen molar-refractivity contribution in [2.75, 3.05) is 18.4 Å². The van der Waals surface area contributed by atoms with Crippen LogP contribution in [0, 0.1) is 6.92 Å². The number of ether oxygens (including phenoxy) is 1. The summed E-state index contributed by atoms with van der Waals surface area (Å²) in [7, 11) is 0. The average molecular weight is 498 g/mol. The Morgan fingerprint density at radius 1 is 0.892 bits per heavy atom. The zero-order valence-corrected chi connectivity index (χ0v) is 20.9. The van der Waals surface area contributed by atoms with Crippen LogP contribution in [0.5, 0.6) is 0 Å². The second-order valence-corrected chi connectivity index (χ2v) is 9.69. The average Bonchev–Trinajstić information content (AvgIpc) is 3.25. The van der Waals surface area contributed by atoms with Gasteiger partial charge in [-0.2, -0.15) is 0 Å². The highest BCUT2D eigenvalue weighted by Gasteiger charge is 2.48. The predicted molar refractivity (Wildman–Crippen MR) is 141 cm³/mol. The molecule has 2 aliphatic heterocycles. The molecule has 0 aromatic heterocycles. The quantitative estimate of drug-likeness (QED) is 0.500. The zero-order valence-electron chi connectivity index (χ0n) is 20.9. The van der Waals surface area contributed by atoms with Gasteiger partial charge < -0.3 is 15.0 Å². The fourth-order valence-electron chi connectivity index (χ4n) is 4.94. The van der Waals surface area contributed by atoms with Gasteiger partial charge in [0.25, 0.3) is 5.91 Å². The van der Waals surface area contributed by atoms with Crippen molar-refractivity contribution in [2.45, 2.75) is 44.9 Å².